The molecule has 0 unspecified atom stereocenters. The van der Waals surface area contributed by atoms with Crippen LogP contribution < -0.4 is 19.9 Å². The van der Waals surface area contributed by atoms with Crippen molar-refractivity contribution in [2.45, 2.75) is 0 Å². The Morgan fingerprint density at radius 2 is 1.76 bits per heavy atom. The molecule has 4 aromatic rings. The maximum atomic E-state index is 12.1. The van der Waals surface area contributed by atoms with E-state index in [9.17, 15) is 4.79 Å². The highest BCUT2D eigenvalue weighted by molar-refractivity contribution is 5.95. The van der Waals surface area contributed by atoms with Crippen molar-refractivity contribution in [2.75, 3.05) is 50.1 Å². The summed E-state index contributed by atoms with van der Waals surface area (Å²) < 4.78 is 7.40. The topological polar surface area (TPSA) is 88.4 Å². The Labute approximate surface area is 191 Å². The van der Waals surface area contributed by atoms with Crippen molar-refractivity contribution < 1.29 is 9.53 Å². The third-order valence-electron chi connectivity index (χ3n) is 5.93. The van der Waals surface area contributed by atoms with Crippen LogP contribution in [0, 0.1) is 0 Å². The largest absolute Gasteiger partial charge is 0.495 e. The van der Waals surface area contributed by atoms with Crippen LogP contribution in [0.2, 0.25) is 0 Å². The third kappa shape index (κ3) is 3.82. The van der Waals surface area contributed by atoms with E-state index in [0.29, 0.717) is 5.56 Å². The number of carbonyl (C=O) groups is 1. The van der Waals surface area contributed by atoms with Crippen LogP contribution >= 0.6 is 0 Å². The van der Waals surface area contributed by atoms with Crippen molar-refractivity contribution in [2.24, 2.45) is 0 Å². The Hall–Kier alpha value is -4.14. The molecule has 0 atom stereocenters. The molecule has 1 aliphatic heterocycles. The average Bonchev–Trinajstić information content (AvgIpc) is 3.33. The summed E-state index contributed by atoms with van der Waals surface area (Å²) in [5, 5.41) is 8.17. The number of hydrogen-bond donors (Lipinski definition) is 1. The summed E-state index contributed by atoms with van der Waals surface area (Å²) in [5.41, 5.74) is 3.28. The summed E-state index contributed by atoms with van der Waals surface area (Å²) in [6, 6.07) is 15.5. The first-order chi connectivity index (χ1) is 16.2. The number of nitrogens with one attached hydrogen (secondary N) is 1. The van der Waals surface area contributed by atoms with E-state index in [0.717, 1.165) is 60.2 Å². The van der Waals surface area contributed by atoms with Gasteiger partial charge in [-0.2, -0.15) is 5.10 Å². The van der Waals surface area contributed by atoms with Crippen molar-refractivity contribution in [3.05, 3.63) is 66.6 Å². The van der Waals surface area contributed by atoms with Gasteiger partial charge in [0, 0.05) is 38.8 Å². The zero-order valence-electron chi connectivity index (χ0n) is 18.6. The number of methoxy groups -OCH3 is 1. The first-order valence-electron chi connectivity index (χ1n) is 10.8. The fraction of sp³-hybridized carbons (Fsp3) is 0.250. The molecule has 0 aliphatic carbocycles. The number of fused-ring (bicyclic) bond motifs is 1. The second-order valence-electron chi connectivity index (χ2n) is 7.77. The molecule has 3 heterocycles. The lowest BCUT2D eigenvalue weighted by Gasteiger charge is -2.37. The number of hydrogen-bond acceptors (Lipinski definition) is 7. The second-order valence-corrected chi connectivity index (χ2v) is 7.77. The molecular formula is C24H25N7O2. The van der Waals surface area contributed by atoms with Gasteiger partial charge in [0.25, 0.3) is 5.91 Å². The molecule has 1 fully saturated rings. The zero-order chi connectivity index (χ0) is 22.8. The van der Waals surface area contributed by atoms with Crippen molar-refractivity contribution >= 4 is 28.4 Å². The lowest BCUT2D eigenvalue weighted by molar-refractivity contribution is 0.0963. The van der Waals surface area contributed by atoms with Crippen LogP contribution in [0.5, 0.6) is 5.75 Å². The van der Waals surface area contributed by atoms with Gasteiger partial charge in [0.15, 0.2) is 5.65 Å². The van der Waals surface area contributed by atoms with E-state index in [4.69, 9.17) is 4.74 Å². The molecule has 0 spiro atoms. The predicted octanol–water partition coefficient (Wildman–Crippen LogP) is 2.51. The Bertz CT molecular complexity index is 1280. The summed E-state index contributed by atoms with van der Waals surface area (Å²) in [6.07, 6.45) is 3.43. The average molecular weight is 444 g/mol. The van der Waals surface area contributed by atoms with Crippen LogP contribution in [0.15, 0.2) is 61.1 Å². The zero-order valence-corrected chi connectivity index (χ0v) is 18.6. The van der Waals surface area contributed by atoms with E-state index in [1.807, 2.05) is 53.3 Å². The van der Waals surface area contributed by atoms with Crippen molar-refractivity contribution in [1.29, 1.82) is 0 Å². The minimum absolute atomic E-state index is 0.114. The number of para-hydroxylation sites is 1. The molecular weight excluding hydrogens is 418 g/mol. The van der Waals surface area contributed by atoms with Gasteiger partial charge in [0.2, 0.25) is 0 Å². The minimum Gasteiger partial charge on any atom is -0.495 e. The van der Waals surface area contributed by atoms with E-state index in [2.05, 4.69) is 30.2 Å². The molecule has 9 heteroatoms. The van der Waals surface area contributed by atoms with Gasteiger partial charge in [0.1, 0.15) is 17.9 Å². The third-order valence-corrected chi connectivity index (χ3v) is 5.93. The van der Waals surface area contributed by atoms with Gasteiger partial charge in [0.05, 0.1) is 30.1 Å². The Balaban J connectivity index is 1.39. The van der Waals surface area contributed by atoms with Crippen LogP contribution in [-0.2, 0) is 0 Å². The lowest BCUT2D eigenvalue weighted by Crippen LogP contribution is -2.47. The fourth-order valence-corrected chi connectivity index (χ4v) is 4.22. The highest BCUT2D eigenvalue weighted by atomic mass is 16.5. The predicted molar refractivity (Wildman–Crippen MR) is 127 cm³/mol. The Morgan fingerprint density at radius 1 is 1.00 bits per heavy atom. The number of nitrogens with zero attached hydrogens (tertiary/aromatic N) is 6. The normalized spacial score (nSPS) is 13.9. The van der Waals surface area contributed by atoms with Gasteiger partial charge in [-0.25, -0.2) is 14.6 Å². The van der Waals surface area contributed by atoms with Crippen molar-refractivity contribution in [1.82, 2.24) is 25.1 Å². The van der Waals surface area contributed by atoms with E-state index in [1.54, 1.807) is 26.6 Å². The molecule has 5 rings (SSSR count). The van der Waals surface area contributed by atoms with Crippen molar-refractivity contribution in [3.8, 4) is 11.4 Å². The molecule has 0 radical (unpaired) electrons. The van der Waals surface area contributed by atoms with Gasteiger partial charge in [-0.1, -0.05) is 18.2 Å². The smallest absolute Gasteiger partial charge is 0.251 e. The first-order valence-corrected chi connectivity index (χ1v) is 10.8. The molecule has 1 amide bonds. The SMILES string of the molecule is CNC(=O)c1ccc(OC)c(N2CCN(c3ncnc4c3cnn4-c3ccccc3)CC2)c1. The van der Waals surface area contributed by atoms with Gasteiger partial charge in [-0.15, -0.1) is 0 Å². The van der Waals surface area contributed by atoms with Gasteiger partial charge in [-0.05, 0) is 30.3 Å². The number of aromatic nitrogens is 4. The molecule has 1 aliphatic rings. The highest BCUT2D eigenvalue weighted by Gasteiger charge is 2.24. The van der Waals surface area contributed by atoms with Crippen LogP contribution in [0.25, 0.3) is 16.7 Å². The van der Waals surface area contributed by atoms with Crippen LogP contribution in [0.1, 0.15) is 10.4 Å². The number of amides is 1. The van der Waals surface area contributed by atoms with Crippen LogP contribution in [0.3, 0.4) is 0 Å². The first kappa shape index (κ1) is 20.7. The summed E-state index contributed by atoms with van der Waals surface area (Å²) in [4.78, 5) is 25.7. The van der Waals surface area contributed by atoms with E-state index in [-0.39, 0.29) is 5.91 Å². The summed E-state index contributed by atoms with van der Waals surface area (Å²) >= 11 is 0. The van der Waals surface area contributed by atoms with Gasteiger partial charge >= 0.3 is 0 Å². The summed E-state index contributed by atoms with van der Waals surface area (Å²) in [6.45, 7) is 3.09. The second kappa shape index (κ2) is 8.78. The van der Waals surface area contributed by atoms with Gasteiger partial charge in [-0.3, -0.25) is 4.79 Å². The number of benzene rings is 2. The fourth-order valence-electron chi connectivity index (χ4n) is 4.22. The molecule has 0 bridgehead atoms. The molecule has 1 saturated heterocycles. The van der Waals surface area contributed by atoms with E-state index >= 15 is 0 Å². The number of anilines is 2. The standard InChI is InChI=1S/C24H25N7O2/c1-25-24(32)17-8-9-21(33-2)20(14-17)29-10-12-30(13-11-29)22-19-15-28-31(23(19)27-16-26-22)18-6-4-3-5-7-18/h3-9,14-16H,10-13H2,1-2H3,(H,25,32). The molecule has 33 heavy (non-hydrogen) atoms. The number of rotatable bonds is 5. The Morgan fingerprint density at radius 3 is 2.48 bits per heavy atom. The number of piperazine rings is 1. The number of carbonyl (C=O) groups excluding carboxylic acids is 1. The number of ether oxygens (including phenoxy) is 1. The maximum absolute atomic E-state index is 12.1. The molecule has 1 N–H and O–H groups in total. The van der Waals surface area contributed by atoms with Crippen LogP contribution in [0.4, 0.5) is 11.5 Å². The summed E-state index contributed by atoms with van der Waals surface area (Å²) in [5.74, 6) is 1.52. The highest BCUT2D eigenvalue weighted by Crippen LogP contribution is 2.32. The molecule has 9 nitrogen and oxygen atoms in total. The van der Waals surface area contributed by atoms with E-state index < -0.39 is 0 Å². The van der Waals surface area contributed by atoms with E-state index in [1.165, 1.54) is 0 Å². The maximum Gasteiger partial charge on any atom is 0.251 e. The molecule has 2 aromatic carbocycles. The molecule has 2 aromatic heterocycles. The quantitative estimate of drug-likeness (QED) is 0.507. The lowest BCUT2D eigenvalue weighted by atomic mass is 10.1. The minimum atomic E-state index is -0.114. The van der Waals surface area contributed by atoms with Crippen molar-refractivity contribution in [3.63, 3.8) is 0 Å². The summed E-state index contributed by atoms with van der Waals surface area (Å²) in [7, 11) is 3.28. The van der Waals surface area contributed by atoms with Crippen LogP contribution in [-0.4, -0.2) is 66.0 Å². The van der Waals surface area contributed by atoms with Gasteiger partial charge < -0.3 is 19.9 Å². The monoisotopic (exact) mass is 443 g/mol. The molecule has 0 saturated carbocycles. The Kier molecular flexibility index (Phi) is 5.52. The molecule has 168 valence electrons.